The average Bonchev–Trinajstić information content (AvgIpc) is 3.48. The summed E-state index contributed by atoms with van der Waals surface area (Å²) in [5, 5.41) is 27.3. The second-order valence-corrected chi connectivity index (χ2v) is 11.9. The molecular formula is C35H40N8O2. The quantitative estimate of drug-likeness (QED) is 0.151. The predicted octanol–water partition coefficient (Wildman–Crippen LogP) is 5.15. The van der Waals surface area contributed by atoms with Gasteiger partial charge in [-0.15, -0.1) is 0 Å². The number of aliphatic hydroxyl groups is 1. The zero-order chi connectivity index (χ0) is 31.3. The lowest BCUT2D eigenvalue weighted by atomic mass is 9.95. The number of nitrogens with zero attached hydrogens (tertiary/aromatic N) is 5. The van der Waals surface area contributed by atoms with Crippen molar-refractivity contribution in [2.45, 2.75) is 52.2 Å². The van der Waals surface area contributed by atoms with Crippen molar-refractivity contribution in [2.24, 2.45) is 5.92 Å². The number of ketones is 1. The summed E-state index contributed by atoms with van der Waals surface area (Å²) >= 11 is 0. The minimum atomic E-state index is -0.403. The third-order valence-corrected chi connectivity index (χ3v) is 8.40. The molecule has 3 aromatic heterocycles. The number of carbonyl (C=O) groups excluding carboxylic acids is 1. The Balaban J connectivity index is 1.29. The molecule has 6 rings (SSSR count). The van der Waals surface area contributed by atoms with E-state index >= 15 is 0 Å². The number of aromatic nitrogens is 5. The van der Waals surface area contributed by atoms with Crippen LogP contribution in [0.3, 0.4) is 0 Å². The second kappa shape index (κ2) is 13.5. The highest BCUT2D eigenvalue weighted by molar-refractivity contribution is 5.97. The van der Waals surface area contributed by atoms with E-state index in [-0.39, 0.29) is 17.6 Å². The summed E-state index contributed by atoms with van der Waals surface area (Å²) in [4.78, 5) is 26.6. The summed E-state index contributed by atoms with van der Waals surface area (Å²) < 4.78 is 1.76. The van der Waals surface area contributed by atoms with Gasteiger partial charge in [0.2, 0.25) is 11.9 Å². The lowest BCUT2D eigenvalue weighted by Crippen LogP contribution is -2.43. The normalized spacial score (nSPS) is 17.0. The number of fused-ring (bicyclic) bond motifs is 2. The van der Waals surface area contributed by atoms with E-state index in [2.05, 4.69) is 59.2 Å². The number of β-amino-alcohol motifs (C(OH)–C–C–N with tert-alkyl or cyclic N) is 1. The molecule has 4 heterocycles. The number of allylic oxidation sites excluding steroid dienone is 2. The van der Waals surface area contributed by atoms with Crippen LogP contribution in [0.15, 0.2) is 73.1 Å². The maximum atomic E-state index is 12.2. The number of carbonyl (C=O) groups is 1. The van der Waals surface area contributed by atoms with Gasteiger partial charge >= 0.3 is 0 Å². The molecule has 1 aliphatic heterocycles. The zero-order valence-electron chi connectivity index (χ0n) is 26.0. The molecule has 2 aromatic carbocycles. The van der Waals surface area contributed by atoms with Crippen LogP contribution in [0.25, 0.3) is 27.7 Å². The summed E-state index contributed by atoms with van der Waals surface area (Å²) in [6.07, 6.45) is 7.92. The van der Waals surface area contributed by atoms with Gasteiger partial charge in [0.05, 0.1) is 18.0 Å². The van der Waals surface area contributed by atoms with Crippen molar-refractivity contribution < 1.29 is 9.90 Å². The Morgan fingerprint density at radius 3 is 2.84 bits per heavy atom. The number of anilines is 2. The molecule has 5 aromatic rings. The molecule has 0 amide bonds. The van der Waals surface area contributed by atoms with Gasteiger partial charge in [-0.3, -0.25) is 9.78 Å². The third kappa shape index (κ3) is 6.72. The number of hydrogen-bond donors (Lipinski definition) is 4. The van der Waals surface area contributed by atoms with E-state index in [0.29, 0.717) is 38.0 Å². The first-order valence-corrected chi connectivity index (χ1v) is 15.6. The maximum absolute atomic E-state index is 12.2. The third-order valence-electron chi connectivity index (χ3n) is 8.40. The SMILES string of the molecule is C/C=C/C(=O)Cc1ccc2c(-c3ccccc3CNc3nc(NC[C@H]4CCNC[C@@H]4O)nc4c(C(C)C)cnn34)nccc2c1. The van der Waals surface area contributed by atoms with Crippen molar-refractivity contribution in [1.82, 2.24) is 29.9 Å². The molecule has 0 aliphatic carbocycles. The number of hydrogen-bond acceptors (Lipinski definition) is 9. The molecule has 0 bridgehead atoms. The highest BCUT2D eigenvalue weighted by atomic mass is 16.3. The smallest absolute Gasteiger partial charge is 0.229 e. The zero-order valence-corrected chi connectivity index (χ0v) is 26.0. The number of rotatable bonds is 11. The predicted molar refractivity (Wildman–Crippen MR) is 178 cm³/mol. The van der Waals surface area contributed by atoms with E-state index in [9.17, 15) is 9.90 Å². The van der Waals surface area contributed by atoms with Crippen LogP contribution in [-0.4, -0.2) is 61.2 Å². The Bertz CT molecular complexity index is 1850. The van der Waals surface area contributed by atoms with Crippen LogP contribution >= 0.6 is 0 Å². The summed E-state index contributed by atoms with van der Waals surface area (Å²) in [6.45, 7) is 8.67. The molecule has 1 saturated heterocycles. The molecule has 0 radical (unpaired) electrons. The van der Waals surface area contributed by atoms with Gasteiger partial charge in [0.15, 0.2) is 11.4 Å². The van der Waals surface area contributed by atoms with Gasteiger partial charge in [-0.1, -0.05) is 62.4 Å². The molecule has 1 fully saturated rings. The van der Waals surface area contributed by atoms with Crippen molar-refractivity contribution in [3.05, 3.63) is 89.8 Å². The Morgan fingerprint density at radius 1 is 1.16 bits per heavy atom. The first kappa shape index (κ1) is 30.4. The van der Waals surface area contributed by atoms with Gasteiger partial charge in [-0.25, -0.2) is 0 Å². The monoisotopic (exact) mass is 604 g/mol. The van der Waals surface area contributed by atoms with E-state index in [1.54, 1.807) is 16.7 Å². The van der Waals surface area contributed by atoms with Crippen LogP contribution in [-0.2, 0) is 17.8 Å². The van der Waals surface area contributed by atoms with Gasteiger partial charge < -0.3 is 21.1 Å². The van der Waals surface area contributed by atoms with Gasteiger partial charge in [0.1, 0.15) is 0 Å². The van der Waals surface area contributed by atoms with Crippen molar-refractivity contribution >= 4 is 34.1 Å². The van der Waals surface area contributed by atoms with Crippen LogP contribution in [0.2, 0.25) is 0 Å². The Morgan fingerprint density at radius 2 is 2.02 bits per heavy atom. The number of piperidine rings is 1. The highest BCUT2D eigenvalue weighted by Crippen LogP contribution is 2.31. The molecular weight excluding hydrogens is 564 g/mol. The molecule has 232 valence electrons. The minimum absolute atomic E-state index is 0.0845. The Labute approximate surface area is 263 Å². The van der Waals surface area contributed by atoms with E-state index in [4.69, 9.17) is 15.0 Å². The molecule has 45 heavy (non-hydrogen) atoms. The molecule has 0 spiro atoms. The average molecular weight is 605 g/mol. The highest BCUT2D eigenvalue weighted by Gasteiger charge is 2.23. The van der Waals surface area contributed by atoms with Gasteiger partial charge in [0.25, 0.3) is 0 Å². The van der Waals surface area contributed by atoms with Gasteiger partial charge in [-0.2, -0.15) is 19.6 Å². The van der Waals surface area contributed by atoms with Gasteiger partial charge in [0, 0.05) is 54.7 Å². The van der Waals surface area contributed by atoms with Crippen LogP contribution in [0, 0.1) is 5.92 Å². The number of aliphatic hydroxyl groups excluding tert-OH is 1. The van der Waals surface area contributed by atoms with Crippen LogP contribution in [0.4, 0.5) is 11.9 Å². The molecule has 10 nitrogen and oxygen atoms in total. The van der Waals surface area contributed by atoms with E-state index in [1.807, 2.05) is 43.6 Å². The first-order valence-electron chi connectivity index (χ1n) is 15.6. The summed E-state index contributed by atoms with van der Waals surface area (Å²) in [5.74, 6) is 1.54. The number of nitrogens with one attached hydrogen (secondary N) is 3. The maximum Gasteiger partial charge on any atom is 0.229 e. The molecule has 4 N–H and O–H groups in total. The lowest BCUT2D eigenvalue weighted by molar-refractivity contribution is -0.114. The number of benzene rings is 2. The van der Waals surface area contributed by atoms with Crippen LogP contribution in [0.1, 0.15) is 49.8 Å². The molecule has 0 saturated carbocycles. The lowest BCUT2D eigenvalue weighted by Gasteiger charge is -2.28. The van der Waals surface area contributed by atoms with Crippen LogP contribution in [0.5, 0.6) is 0 Å². The van der Waals surface area contributed by atoms with Crippen LogP contribution < -0.4 is 16.0 Å². The Kier molecular flexibility index (Phi) is 9.13. The summed E-state index contributed by atoms with van der Waals surface area (Å²) in [6, 6.07) is 16.3. The van der Waals surface area contributed by atoms with Crippen molar-refractivity contribution in [3.8, 4) is 11.3 Å². The summed E-state index contributed by atoms with van der Waals surface area (Å²) in [7, 11) is 0. The number of pyridine rings is 1. The topological polar surface area (TPSA) is 129 Å². The molecule has 0 unspecified atom stereocenters. The minimum Gasteiger partial charge on any atom is -0.391 e. The van der Waals surface area contributed by atoms with E-state index in [1.165, 1.54) is 0 Å². The van der Waals surface area contributed by atoms with Crippen molar-refractivity contribution in [1.29, 1.82) is 0 Å². The molecule has 2 atom stereocenters. The second-order valence-electron chi connectivity index (χ2n) is 11.9. The standard InChI is InChI=1S/C35H40N8O2/c1-4-7-27(44)17-23-10-11-29-24(16-23)13-15-37-32(29)28-9-6-5-8-25(28)18-39-35-42-34(38-19-26-12-14-36-21-31(26)45)41-33-30(22(2)3)20-40-43(33)35/h4-11,13,15-16,20,22,26,31,36,45H,12,14,17-19,21H2,1-3H3,(H2,38,39,41,42)/b7-4+/t26-,31+/m1/s1. The fourth-order valence-electron chi connectivity index (χ4n) is 5.93. The molecule has 1 aliphatic rings. The largest absolute Gasteiger partial charge is 0.391 e. The van der Waals surface area contributed by atoms with Gasteiger partial charge in [-0.05, 0) is 54.5 Å². The fraction of sp³-hybridized carbons (Fsp3) is 0.343. The fourth-order valence-corrected chi connectivity index (χ4v) is 5.93. The first-order chi connectivity index (χ1) is 21.9. The Hall–Kier alpha value is -4.67. The van der Waals surface area contributed by atoms with E-state index in [0.717, 1.165) is 57.3 Å². The van der Waals surface area contributed by atoms with Crippen molar-refractivity contribution in [2.75, 3.05) is 30.3 Å². The van der Waals surface area contributed by atoms with E-state index < -0.39 is 6.10 Å². The molecule has 10 heteroatoms. The van der Waals surface area contributed by atoms with Crippen molar-refractivity contribution in [3.63, 3.8) is 0 Å². The summed E-state index contributed by atoms with van der Waals surface area (Å²) in [5.41, 5.74) is 5.72.